The van der Waals surface area contributed by atoms with Crippen LogP contribution in [0.1, 0.15) is 17.0 Å². The number of rotatable bonds is 1. The van der Waals surface area contributed by atoms with Crippen molar-refractivity contribution in [2.45, 2.75) is 20.0 Å². The predicted octanol–water partition coefficient (Wildman–Crippen LogP) is 1.89. The van der Waals surface area contributed by atoms with Crippen LogP contribution >= 0.6 is 0 Å². The number of anilines is 2. The minimum atomic E-state index is 0.531. The van der Waals surface area contributed by atoms with Crippen molar-refractivity contribution in [2.75, 3.05) is 10.6 Å². The molecule has 4 nitrogen and oxygen atoms in total. The normalized spacial score (nSPS) is 13.8. The number of hydrogen-bond acceptors (Lipinski definition) is 4. The third-order valence-electron chi connectivity index (χ3n) is 3.01. The summed E-state index contributed by atoms with van der Waals surface area (Å²) in [5.74, 6) is 2.16. The lowest BCUT2D eigenvalue weighted by Gasteiger charge is -2.16. The van der Waals surface area contributed by atoms with Gasteiger partial charge in [0.05, 0.1) is 0 Å². The van der Waals surface area contributed by atoms with Crippen LogP contribution < -0.4 is 10.6 Å². The van der Waals surface area contributed by atoms with E-state index >= 15 is 0 Å². The highest BCUT2D eigenvalue weighted by Gasteiger charge is 2.19. The molecule has 0 radical (unpaired) electrons. The number of aromatic nitrogens is 2. The second-order valence-electron chi connectivity index (χ2n) is 4.32. The maximum absolute atomic E-state index is 5.75. The van der Waals surface area contributed by atoms with E-state index in [0.29, 0.717) is 5.82 Å². The predicted molar refractivity (Wildman–Crippen MR) is 67.5 cm³/mol. The number of fused-ring (bicyclic) bond motifs is 1. The van der Waals surface area contributed by atoms with Gasteiger partial charge in [0.25, 0.3) is 0 Å². The number of nitrogens with two attached hydrogens (primary N) is 1. The Balaban J connectivity index is 1.93. The number of hydrogen-bond donors (Lipinski definition) is 1. The van der Waals surface area contributed by atoms with Crippen LogP contribution in [0.2, 0.25) is 0 Å². The number of nitrogens with zero attached hydrogens (tertiary/aromatic N) is 3. The fourth-order valence-corrected chi connectivity index (χ4v) is 2.23. The van der Waals surface area contributed by atoms with E-state index in [9.17, 15) is 0 Å². The summed E-state index contributed by atoms with van der Waals surface area (Å²) in [6, 6.07) is 10.3. The van der Waals surface area contributed by atoms with Gasteiger partial charge in [-0.3, -0.25) is 0 Å². The summed E-state index contributed by atoms with van der Waals surface area (Å²) >= 11 is 0. The molecular formula is C13H14N4. The van der Waals surface area contributed by atoms with Gasteiger partial charge in [-0.15, -0.1) is 0 Å². The summed E-state index contributed by atoms with van der Waals surface area (Å²) in [6.07, 6.45) is 0. The first-order valence-electron chi connectivity index (χ1n) is 5.65. The number of nitrogen functional groups attached to an aromatic ring is 1. The Labute approximate surface area is 100 Å². The van der Waals surface area contributed by atoms with Crippen LogP contribution in [-0.2, 0) is 13.1 Å². The zero-order valence-corrected chi connectivity index (χ0v) is 9.72. The molecule has 2 heterocycles. The molecule has 4 heteroatoms. The second kappa shape index (κ2) is 3.73. The Morgan fingerprint density at radius 3 is 2.35 bits per heavy atom. The number of aryl methyl sites for hydroxylation is 1. The SMILES string of the molecule is Cc1nc(N)cc(N2Cc3ccccc3C2)n1. The van der Waals surface area contributed by atoms with Crippen molar-refractivity contribution >= 4 is 11.6 Å². The molecule has 0 atom stereocenters. The van der Waals surface area contributed by atoms with Gasteiger partial charge in [-0.05, 0) is 18.1 Å². The van der Waals surface area contributed by atoms with E-state index < -0.39 is 0 Å². The summed E-state index contributed by atoms with van der Waals surface area (Å²) in [5, 5.41) is 0. The van der Waals surface area contributed by atoms with Crippen molar-refractivity contribution in [3.05, 3.63) is 47.3 Å². The Morgan fingerprint density at radius 2 is 1.76 bits per heavy atom. The molecule has 0 spiro atoms. The van der Waals surface area contributed by atoms with Gasteiger partial charge in [0.1, 0.15) is 17.5 Å². The van der Waals surface area contributed by atoms with E-state index in [2.05, 4.69) is 39.1 Å². The van der Waals surface area contributed by atoms with Crippen LogP contribution in [0.5, 0.6) is 0 Å². The lowest BCUT2D eigenvalue weighted by molar-refractivity contribution is 0.844. The lowest BCUT2D eigenvalue weighted by atomic mass is 10.1. The van der Waals surface area contributed by atoms with Gasteiger partial charge >= 0.3 is 0 Å². The molecule has 0 saturated heterocycles. The molecule has 1 aromatic carbocycles. The van der Waals surface area contributed by atoms with Crippen molar-refractivity contribution < 1.29 is 0 Å². The molecule has 1 aromatic heterocycles. The van der Waals surface area contributed by atoms with Crippen molar-refractivity contribution in [1.29, 1.82) is 0 Å². The quantitative estimate of drug-likeness (QED) is 0.806. The smallest absolute Gasteiger partial charge is 0.134 e. The van der Waals surface area contributed by atoms with Gasteiger partial charge in [0.15, 0.2) is 0 Å². The van der Waals surface area contributed by atoms with Crippen LogP contribution in [-0.4, -0.2) is 9.97 Å². The van der Waals surface area contributed by atoms with Gasteiger partial charge < -0.3 is 10.6 Å². The van der Waals surface area contributed by atoms with Crippen LogP contribution in [0.25, 0.3) is 0 Å². The average molecular weight is 226 g/mol. The zero-order chi connectivity index (χ0) is 11.8. The topological polar surface area (TPSA) is 55.0 Å². The Hall–Kier alpha value is -2.10. The molecule has 2 aromatic rings. The average Bonchev–Trinajstić information content (AvgIpc) is 2.71. The summed E-state index contributed by atoms with van der Waals surface area (Å²) < 4.78 is 0. The van der Waals surface area contributed by atoms with Crippen LogP contribution in [0, 0.1) is 6.92 Å². The Kier molecular flexibility index (Phi) is 2.21. The van der Waals surface area contributed by atoms with E-state index in [1.807, 2.05) is 13.0 Å². The highest BCUT2D eigenvalue weighted by molar-refractivity contribution is 5.51. The molecule has 1 aliphatic heterocycles. The maximum atomic E-state index is 5.75. The molecule has 3 rings (SSSR count). The molecule has 86 valence electrons. The summed E-state index contributed by atoms with van der Waals surface area (Å²) in [5.41, 5.74) is 8.48. The summed E-state index contributed by atoms with van der Waals surface area (Å²) in [6.45, 7) is 3.65. The van der Waals surface area contributed by atoms with Crippen LogP contribution in [0.15, 0.2) is 30.3 Å². The van der Waals surface area contributed by atoms with E-state index in [0.717, 1.165) is 24.7 Å². The Morgan fingerprint density at radius 1 is 1.12 bits per heavy atom. The molecule has 0 bridgehead atoms. The van der Waals surface area contributed by atoms with Crippen molar-refractivity contribution in [3.63, 3.8) is 0 Å². The van der Waals surface area contributed by atoms with Crippen molar-refractivity contribution in [3.8, 4) is 0 Å². The third kappa shape index (κ3) is 1.82. The van der Waals surface area contributed by atoms with Gasteiger partial charge in [-0.2, -0.15) is 0 Å². The van der Waals surface area contributed by atoms with E-state index in [1.54, 1.807) is 0 Å². The molecule has 1 aliphatic rings. The molecule has 0 fully saturated rings. The standard InChI is InChI=1S/C13H14N4/c1-9-15-12(14)6-13(16-9)17-7-10-4-2-3-5-11(10)8-17/h2-6H,7-8H2,1H3,(H2,14,15,16). The first kappa shape index (κ1) is 10.1. The minimum absolute atomic E-state index is 0.531. The van der Waals surface area contributed by atoms with Gasteiger partial charge in [0.2, 0.25) is 0 Å². The molecule has 17 heavy (non-hydrogen) atoms. The van der Waals surface area contributed by atoms with Gasteiger partial charge in [-0.25, -0.2) is 9.97 Å². The van der Waals surface area contributed by atoms with E-state index in [4.69, 9.17) is 5.73 Å². The zero-order valence-electron chi connectivity index (χ0n) is 9.72. The fraction of sp³-hybridized carbons (Fsp3) is 0.231. The Bertz CT molecular complexity index is 520. The van der Waals surface area contributed by atoms with Crippen LogP contribution in [0.4, 0.5) is 11.6 Å². The summed E-state index contributed by atoms with van der Waals surface area (Å²) in [4.78, 5) is 10.7. The largest absolute Gasteiger partial charge is 0.384 e. The number of benzene rings is 1. The molecule has 0 amide bonds. The molecule has 0 aliphatic carbocycles. The monoisotopic (exact) mass is 226 g/mol. The van der Waals surface area contributed by atoms with Crippen LogP contribution in [0.3, 0.4) is 0 Å². The van der Waals surface area contributed by atoms with Crippen molar-refractivity contribution in [2.24, 2.45) is 0 Å². The highest BCUT2D eigenvalue weighted by atomic mass is 15.2. The highest BCUT2D eigenvalue weighted by Crippen LogP contribution is 2.27. The third-order valence-corrected chi connectivity index (χ3v) is 3.01. The van der Waals surface area contributed by atoms with Gasteiger partial charge in [0, 0.05) is 19.2 Å². The molecule has 0 saturated carbocycles. The maximum Gasteiger partial charge on any atom is 0.134 e. The van der Waals surface area contributed by atoms with E-state index in [1.165, 1.54) is 11.1 Å². The first-order valence-corrected chi connectivity index (χ1v) is 5.65. The van der Waals surface area contributed by atoms with E-state index in [-0.39, 0.29) is 0 Å². The van der Waals surface area contributed by atoms with Crippen molar-refractivity contribution in [1.82, 2.24) is 9.97 Å². The first-order chi connectivity index (χ1) is 8.22. The second-order valence-corrected chi connectivity index (χ2v) is 4.32. The summed E-state index contributed by atoms with van der Waals surface area (Å²) in [7, 11) is 0. The van der Waals surface area contributed by atoms with Gasteiger partial charge in [-0.1, -0.05) is 24.3 Å². The fourth-order valence-electron chi connectivity index (χ4n) is 2.23. The molecule has 0 unspecified atom stereocenters. The lowest BCUT2D eigenvalue weighted by Crippen LogP contribution is -2.17. The minimum Gasteiger partial charge on any atom is -0.384 e. The molecule has 2 N–H and O–H groups in total. The molecular weight excluding hydrogens is 212 g/mol.